The summed E-state index contributed by atoms with van der Waals surface area (Å²) in [4.78, 5) is 13.7. The van der Waals surface area contributed by atoms with E-state index in [0.717, 1.165) is 32.5 Å². The van der Waals surface area contributed by atoms with E-state index >= 15 is 0 Å². The molecule has 1 saturated heterocycles. The minimum Gasteiger partial charge on any atom is -0.377 e. The molecule has 2 unspecified atom stereocenters. The number of hydrogen-bond acceptors (Lipinski definition) is 4. The molecular formula is C12H25N3O2. The largest absolute Gasteiger partial charge is 0.377 e. The van der Waals surface area contributed by atoms with Gasteiger partial charge < -0.3 is 15.8 Å². The summed E-state index contributed by atoms with van der Waals surface area (Å²) in [6.45, 7) is 5.26. The lowest BCUT2D eigenvalue weighted by atomic mass is 10.1. The lowest BCUT2D eigenvalue weighted by Crippen LogP contribution is -2.46. The molecule has 5 nitrogen and oxygen atoms in total. The zero-order valence-electron chi connectivity index (χ0n) is 10.9. The van der Waals surface area contributed by atoms with Gasteiger partial charge in [-0.1, -0.05) is 6.92 Å². The first-order chi connectivity index (χ1) is 8.21. The lowest BCUT2D eigenvalue weighted by Gasteiger charge is -2.31. The molecule has 1 aliphatic heterocycles. The summed E-state index contributed by atoms with van der Waals surface area (Å²) in [5.41, 5.74) is 5.76. The second-order valence-electron chi connectivity index (χ2n) is 4.49. The molecule has 100 valence electrons. The lowest BCUT2D eigenvalue weighted by molar-refractivity contribution is -0.121. The number of carbonyl (C=O) groups excluding carboxylic acids is 1. The van der Waals surface area contributed by atoms with Gasteiger partial charge >= 0.3 is 0 Å². The topological polar surface area (TPSA) is 67.6 Å². The van der Waals surface area contributed by atoms with E-state index < -0.39 is 0 Å². The number of amides is 1. The standard InChI is InChI=1S/C12H25N3O2/c1-3-15(9-11-5-4-6-17-11)10(8-13)7-12(16)14-2/h10-11H,3-9,13H2,1-2H3,(H,14,16). The summed E-state index contributed by atoms with van der Waals surface area (Å²) >= 11 is 0. The summed E-state index contributed by atoms with van der Waals surface area (Å²) < 4.78 is 5.63. The van der Waals surface area contributed by atoms with Gasteiger partial charge in [-0.05, 0) is 19.4 Å². The number of carbonyl (C=O) groups is 1. The van der Waals surface area contributed by atoms with Crippen LogP contribution in [0.15, 0.2) is 0 Å². The maximum absolute atomic E-state index is 11.4. The smallest absolute Gasteiger partial charge is 0.221 e. The zero-order chi connectivity index (χ0) is 12.7. The van der Waals surface area contributed by atoms with Gasteiger partial charge in [-0.2, -0.15) is 0 Å². The molecule has 0 aromatic heterocycles. The molecule has 0 aliphatic carbocycles. The first-order valence-electron chi connectivity index (χ1n) is 6.47. The first kappa shape index (κ1) is 14.4. The molecule has 1 fully saturated rings. The molecule has 0 bridgehead atoms. The predicted molar refractivity (Wildman–Crippen MR) is 67.7 cm³/mol. The van der Waals surface area contributed by atoms with Gasteiger partial charge in [-0.25, -0.2) is 0 Å². The van der Waals surface area contributed by atoms with Crippen LogP contribution in [0, 0.1) is 0 Å². The van der Waals surface area contributed by atoms with Crippen molar-refractivity contribution >= 4 is 5.91 Å². The number of nitrogens with zero attached hydrogens (tertiary/aromatic N) is 1. The average molecular weight is 243 g/mol. The first-order valence-corrected chi connectivity index (χ1v) is 6.47. The van der Waals surface area contributed by atoms with Crippen LogP contribution >= 0.6 is 0 Å². The Morgan fingerprint density at radius 1 is 1.65 bits per heavy atom. The SMILES string of the molecule is CCN(CC1CCCO1)C(CN)CC(=O)NC. The third-order valence-electron chi connectivity index (χ3n) is 3.36. The Hall–Kier alpha value is -0.650. The van der Waals surface area contributed by atoms with Crippen molar-refractivity contribution in [1.82, 2.24) is 10.2 Å². The van der Waals surface area contributed by atoms with Gasteiger partial charge in [0.2, 0.25) is 5.91 Å². The average Bonchev–Trinajstić information content (AvgIpc) is 2.85. The van der Waals surface area contributed by atoms with E-state index in [-0.39, 0.29) is 11.9 Å². The summed E-state index contributed by atoms with van der Waals surface area (Å²) in [5, 5.41) is 2.65. The van der Waals surface area contributed by atoms with Crippen molar-refractivity contribution in [3.8, 4) is 0 Å². The maximum atomic E-state index is 11.4. The van der Waals surface area contributed by atoms with Crippen molar-refractivity contribution < 1.29 is 9.53 Å². The van der Waals surface area contributed by atoms with Crippen molar-refractivity contribution in [1.29, 1.82) is 0 Å². The van der Waals surface area contributed by atoms with Crippen molar-refractivity contribution in [2.24, 2.45) is 5.73 Å². The monoisotopic (exact) mass is 243 g/mol. The molecule has 5 heteroatoms. The molecule has 0 aromatic carbocycles. The van der Waals surface area contributed by atoms with E-state index in [1.165, 1.54) is 0 Å². The van der Waals surface area contributed by atoms with Crippen molar-refractivity contribution in [3.05, 3.63) is 0 Å². The molecule has 17 heavy (non-hydrogen) atoms. The summed E-state index contributed by atoms with van der Waals surface area (Å²) in [7, 11) is 1.66. The molecule has 1 amide bonds. The molecule has 3 N–H and O–H groups in total. The third-order valence-corrected chi connectivity index (χ3v) is 3.36. The van der Waals surface area contributed by atoms with Crippen LogP contribution in [0.25, 0.3) is 0 Å². The molecule has 2 atom stereocenters. The highest BCUT2D eigenvalue weighted by Gasteiger charge is 2.24. The van der Waals surface area contributed by atoms with Crippen molar-refractivity contribution in [2.75, 3.05) is 33.3 Å². The van der Waals surface area contributed by atoms with Crippen LogP contribution in [0.3, 0.4) is 0 Å². The van der Waals surface area contributed by atoms with Crippen LogP contribution in [0.5, 0.6) is 0 Å². The fourth-order valence-electron chi connectivity index (χ4n) is 2.26. The summed E-state index contributed by atoms with van der Waals surface area (Å²) in [6, 6.07) is 0.115. The quantitative estimate of drug-likeness (QED) is 0.658. The van der Waals surface area contributed by atoms with E-state index in [0.29, 0.717) is 19.1 Å². The van der Waals surface area contributed by atoms with Crippen molar-refractivity contribution in [2.45, 2.75) is 38.3 Å². The number of nitrogens with one attached hydrogen (secondary N) is 1. The van der Waals surface area contributed by atoms with Gasteiger partial charge in [0, 0.05) is 39.2 Å². The van der Waals surface area contributed by atoms with E-state index in [9.17, 15) is 4.79 Å². The van der Waals surface area contributed by atoms with Crippen LogP contribution in [0.4, 0.5) is 0 Å². The second kappa shape index (κ2) is 7.63. The molecular weight excluding hydrogens is 218 g/mol. The Kier molecular flexibility index (Phi) is 6.47. The predicted octanol–water partition coefficient (Wildman–Crippen LogP) is -0.0493. The highest BCUT2D eigenvalue weighted by atomic mass is 16.5. The van der Waals surface area contributed by atoms with Gasteiger partial charge in [0.25, 0.3) is 0 Å². The second-order valence-corrected chi connectivity index (χ2v) is 4.49. The fourth-order valence-corrected chi connectivity index (χ4v) is 2.26. The van der Waals surface area contributed by atoms with Crippen molar-refractivity contribution in [3.63, 3.8) is 0 Å². The summed E-state index contributed by atoms with van der Waals surface area (Å²) in [6.07, 6.45) is 3.04. The number of nitrogens with two attached hydrogens (primary N) is 1. The number of likely N-dealkylation sites (N-methyl/N-ethyl adjacent to an activating group) is 1. The number of hydrogen-bond donors (Lipinski definition) is 2. The Bertz CT molecular complexity index is 230. The van der Waals surface area contributed by atoms with E-state index in [1.807, 2.05) is 0 Å². The highest BCUT2D eigenvalue weighted by molar-refractivity contribution is 5.76. The minimum atomic E-state index is 0.0474. The third kappa shape index (κ3) is 4.61. The summed E-state index contributed by atoms with van der Waals surface area (Å²) in [5.74, 6) is 0.0474. The number of ether oxygens (including phenoxy) is 1. The van der Waals surface area contributed by atoms with Gasteiger partial charge in [-0.3, -0.25) is 9.69 Å². The molecule has 0 spiro atoms. The van der Waals surface area contributed by atoms with Gasteiger partial charge in [-0.15, -0.1) is 0 Å². The molecule has 0 aromatic rings. The Labute approximate surface area is 104 Å². The van der Waals surface area contributed by atoms with Gasteiger partial charge in [0.1, 0.15) is 0 Å². The van der Waals surface area contributed by atoms with Gasteiger partial charge in [0.05, 0.1) is 6.10 Å². The van der Waals surface area contributed by atoms with Crippen LogP contribution in [0.2, 0.25) is 0 Å². The van der Waals surface area contributed by atoms with Crippen LogP contribution in [-0.2, 0) is 9.53 Å². The Morgan fingerprint density at radius 3 is 2.88 bits per heavy atom. The van der Waals surface area contributed by atoms with E-state index in [2.05, 4.69) is 17.1 Å². The maximum Gasteiger partial charge on any atom is 0.221 e. The highest BCUT2D eigenvalue weighted by Crippen LogP contribution is 2.15. The number of rotatable bonds is 7. The molecule has 0 radical (unpaired) electrons. The molecule has 1 aliphatic rings. The molecule has 1 rings (SSSR count). The minimum absolute atomic E-state index is 0.0474. The van der Waals surface area contributed by atoms with Crippen LogP contribution < -0.4 is 11.1 Å². The Balaban J connectivity index is 2.46. The normalized spacial score (nSPS) is 21.8. The van der Waals surface area contributed by atoms with E-state index in [1.54, 1.807) is 7.05 Å². The van der Waals surface area contributed by atoms with E-state index in [4.69, 9.17) is 10.5 Å². The van der Waals surface area contributed by atoms with Crippen LogP contribution in [0.1, 0.15) is 26.2 Å². The zero-order valence-corrected chi connectivity index (χ0v) is 10.9. The van der Waals surface area contributed by atoms with Crippen LogP contribution in [-0.4, -0.2) is 56.2 Å². The molecule has 1 heterocycles. The molecule has 0 saturated carbocycles. The fraction of sp³-hybridized carbons (Fsp3) is 0.917. The van der Waals surface area contributed by atoms with Gasteiger partial charge in [0.15, 0.2) is 0 Å². The Morgan fingerprint density at radius 2 is 2.41 bits per heavy atom.